The SMILES string of the molecule is Cc1cc(C(=O)NC(C(N)=O)C(N)=O)c(C)n1C(C)c1ccccc1. The summed E-state index contributed by atoms with van der Waals surface area (Å²) in [6.45, 7) is 5.74. The second kappa shape index (κ2) is 7.21. The van der Waals surface area contributed by atoms with E-state index >= 15 is 0 Å². The molecule has 1 heterocycles. The fourth-order valence-electron chi connectivity index (χ4n) is 2.97. The predicted octanol–water partition coefficient (Wildman–Crippen LogP) is 0.783. The maximum absolute atomic E-state index is 12.5. The minimum Gasteiger partial charge on any atom is -0.367 e. The van der Waals surface area contributed by atoms with E-state index in [4.69, 9.17) is 11.5 Å². The van der Waals surface area contributed by atoms with Crippen LogP contribution in [0.5, 0.6) is 0 Å². The molecule has 0 aliphatic rings. The number of carbonyl (C=O) groups excluding carboxylic acids is 3. The van der Waals surface area contributed by atoms with E-state index in [0.29, 0.717) is 5.56 Å². The van der Waals surface area contributed by atoms with Crippen LogP contribution in [0.2, 0.25) is 0 Å². The van der Waals surface area contributed by atoms with Crippen LogP contribution in [0.15, 0.2) is 36.4 Å². The van der Waals surface area contributed by atoms with E-state index in [0.717, 1.165) is 17.0 Å². The standard InChI is InChI=1S/C18H22N4O3/c1-10-9-14(18(25)21-15(16(19)23)17(20)24)12(3)22(10)11(2)13-7-5-4-6-8-13/h4-9,11,15H,1-3H3,(H2,19,23)(H2,20,24)(H,21,25). The van der Waals surface area contributed by atoms with E-state index in [1.54, 1.807) is 6.07 Å². The molecule has 0 spiro atoms. The van der Waals surface area contributed by atoms with Crippen LogP contribution in [0.4, 0.5) is 0 Å². The first-order chi connectivity index (χ1) is 11.7. The van der Waals surface area contributed by atoms with Crippen LogP contribution in [0.1, 0.15) is 40.3 Å². The Morgan fingerprint density at radius 2 is 1.60 bits per heavy atom. The lowest BCUT2D eigenvalue weighted by molar-refractivity contribution is -0.128. The highest BCUT2D eigenvalue weighted by atomic mass is 16.2. The van der Waals surface area contributed by atoms with Gasteiger partial charge in [0.15, 0.2) is 6.04 Å². The summed E-state index contributed by atoms with van der Waals surface area (Å²) in [7, 11) is 0. The van der Waals surface area contributed by atoms with Crippen LogP contribution in [-0.2, 0) is 9.59 Å². The zero-order chi connectivity index (χ0) is 18.7. The third kappa shape index (κ3) is 3.71. The van der Waals surface area contributed by atoms with Crippen molar-refractivity contribution in [2.75, 3.05) is 0 Å². The molecule has 0 aliphatic carbocycles. The average Bonchev–Trinajstić information content (AvgIpc) is 2.86. The Morgan fingerprint density at radius 3 is 2.12 bits per heavy atom. The molecular weight excluding hydrogens is 320 g/mol. The number of benzene rings is 1. The second-order valence-corrected chi connectivity index (χ2v) is 5.95. The molecule has 1 aromatic carbocycles. The first kappa shape index (κ1) is 18.3. The lowest BCUT2D eigenvalue weighted by atomic mass is 10.1. The number of hydrogen-bond acceptors (Lipinski definition) is 3. The Kier molecular flexibility index (Phi) is 5.26. The number of carbonyl (C=O) groups is 3. The van der Waals surface area contributed by atoms with Crippen molar-refractivity contribution in [3.05, 3.63) is 58.9 Å². The normalized spacial score (nSPS) is 12.0. The van der Waals surface area contributed by atoms with Crippen molar-refractivity contribution >= 4 is 17.7 Å². The van der Waals surface area contributed by atoms with Gasteiger partial charge in [0.05, 0.1) is 11.6 Å². The van der Waals surface area contributed by atoms with Gasteiger partial charge in [-0.05, 0) is 32.4 Å². The minimum atomic E-state index is -1.54. The molecule has 0 fully saturated rings. The van der Waals surface area contributed by atoms with Crippen LogP contribution in [-0.4, -0.2) is 28.3 Å². The first-order valence-corrected chi connectivity index (χ1v) is 7.87. The molecular formula is C18H22N4O3. The van der Waals surface area contributed by atoms with Gasteiger partial charge in [-0.1, -0.05) is 30.3 Å². The zero-order valence-electron chi connectivity index (χ0n) is 14.4. The molecule has 1 unspecified atom stereocenters. The van der Waals surface area contributed by atoms with Crippen molar-refractivity contribution in [2.24, 2.45) is 11.5 Å². The molecule has 0 saturated heterocycles. The highest BCUT2D eigenvalue weighted by Gasteiger charge is 2.27. The highest BCUT2D eigenvalue weighted by molar-refractivity contribution is 6.08. The molecule has 0 radical (unpaired) electrons. The van der Waals surface area contributed by atoms with Crippen LogP contribution >= 0.6 is 0 Å². The van der Waals surface area contributed by atoms with Crippen molar-refractivity contribution in [1.82, 2.24) is 9.88 Å². The molecule has 0 bridgehead atoms. The number of aryl methyl sites for hydroxylation is 1. The van der Waals surface area contributed by atoms with Gasteiger partial charge in [0.25, 0.3) is 5.91 Å². The van der Waals surface area contributed by atoms with E-state index < -0.39 is 23.8 Å². The van der Waals surface area contributed by atoms with Crippen LogP contribution in [0.25, 0.3) is 0 Å². The van der Waals surface area contributed by atoms with Crippen molar-refractivity contribution in [2.45, 2.75) is 32.9 Å². The molecule has 25 heavy (non-hydrogen) atoms. The van der Waals surface area contributed by atoms with Crippen molar-refractivity contribution in [1.29, 1.82) is 0 Å². The molecule has 1 aromatic heterocycles. The molecule has 7 heteroatoms. The fourth-order valence-corrected chi connectivity index (χ4v) is 2.97. The number of nitrogens with one attached hydrogen (secondary N) is 1. The van der Waals surface area contributed by atoms with Gasteiger partial charge in [-0.15, -0.1) is 0 Å². The van der Waals surface area contributed by atoms with E-state index in [1.165, 1.54) is 0 Å². The number of amides is 3. The highest BCUT2D eigenvalue weighted by Crippen LogP contribution is 2.25. The van der Waals surface area contributed by atoms with E-state index in [-0.39, 0.29) is 6.04 Å². The molecule has 1 atom stereocenters. The third-order valence-corrected chi connectivity index (χ3v) is 4.24. The number of aromatic nitrogens is 1. The van der Waals surface area contributed by atoms with E-state index in [9.17, 15) is 14.4 Å². The summed E-state index contributed by atoms with van der Waals surface area (Å²) >= 11 is 0. The smallest absolute Gasteiger partial charge is 0.254 e. The van der Waals surface area contributed by atoms with Crippen molar-refractivity contribution in [3.63, 3.8) is 0 Å². The Morgan fingerprint density at radius 1 is 1.04 bits per heavy atom. The maximum Gasteiger partial charge on any atom is 0.254 e. The van der Waals surface area contributed by atoms with Crippen LogP contribution < -0.4 is 16.8 Å². The first-order valence-electron chi connectivity index (χ1n) is 7.87. The Bertz CT molecular complexity index is 797. The largest absolute Gasteiger partial charge is 0.367 e. The summed E-state index contributed by atoms with van der Waals surface area (Å²) < 4.78 is 2.02. The van der Waals surface area contributed by atoms with Gasteiger partial charge < -0.3 is 21.4 Å². The molecule has 0 aliphatic heterocycles. The number of hydrogen-bond donors (Lipinski definition) is 3. The van der Waals surface area contributed by atoms with Gasteiger partial charge >= 0.3 is 0 Å². The summed E-state index contributed by atoms with van der Waals surface area (Å²) in [5.41, 5.74) is 13.3. The number of primary amides is 2. The minimum absolute atomic E-state index is 0.0193. The Hall–Kier alpha value is -3.09. The summed E-state index contributed by atoms with van der Waals surface area (Å²) in [4.78, 5) is 35.0. The maximum atomic E-state index is 12.5. The number of nitrogens with two attached hydrogens (primary N) is 2. The summed E-state index contributed by atoms with van der Waals surface area (Å²) in [5, 5.41) is 2.29. The third-order valence-electron chi connectivity index (χ3n) is 4.24. The summed E-state index contributed by atoms with van der Waals surface area (Å²) in [6.07, 6.45) is 0. The van der Waals surface area contributed by atoms with Gasteiger partial charge in [0.1, 0.15) is 0 Å². The molecule has 7 nitrogen and oxygen atoms in total. The van der Waals surface area contributed by atoms with E-state index in [1.807, 2.05) is 55.7 Å². The quantitative estimate of drug-likeness (QED) is 0.673. The van der Waals surface area contributed by atoms with Crippen LogP contribution in [0.3, 0.4) is 0 Å². The van der Waals surface area contributed by atoms with Crippen molar-refractivity contribution in [3.8, 4) is 0 Å². The van der Waals surface area contributed by atoms with Gasteiger partial charge in [0.2, 0.25) is 11.8 Å². The van der Waals surface area contributed by atoms with E-state index in [2.05, 4.69) is 5.32 Å². The topological polar surface area (TPSA) is 120 Å². The van der Waals surface area contributed by atoms with Gasteiger partial charge in [-0.3, -0.25) is 14.4 Å². The number of nitrogens with zero attached hydrogens (tertiary/aromatic N) is 1. The van der Waals surface area contributed by atoms with Gasteiger partial charge in [-0.25, -0.2) is 0 Å². The fraction of sp³-hybridized carbons (Fsp3) is 0.278. The molecule has 2 rings (SSSR count). The molecule has 0 saturated carbocycles. The Balaban J connectivity index is 2.34. The predicted molar refractivity (Wildman–Crippen MR) is 93.8 cm³/mol. The number of rotatable bonds is 6. The molecule has 5 N–H and O–H groups in total. The Labute approximate surface area is 146 Å². The van der Waals surface area contributed by atoms with Gasteiger partial charge in [-0.2, -0.15) is 0 Å². The average molecular weight is 342 g/mol. The zero-order valence-corrected chi connectivity index (χ0v) is 14.4. The summed E-state index contributed by atoms with van der Waals surface area (Å²) in [5.74, 6) is -2.55. The molecule has 2 aromatic rings. The van der Waals surface area contributed by atoms with Crippen molar-refractivity contribution < 1.29 is 14.4 Å². The van der Waals surface area contributed by atoms with Gasteiger partial charge in [0, 0.05) is 11.4 Å². The molecule has 3 amide bonds. The monoisotopic (exact) mass is 342 g/mol. The van der Waals surface area contributed by atoms with Crippen LogP contribution in [0, 0.1) is 13.8 Å². The lowest BCUT2D eigenvalue weighted by Crippen LogP contribution is -2.52. The second-order valence-electron chi connectivity index (χ2n) is 5.95. The summed E-state index contributed by atoms with van der Waals surface area (Å²) in [6, 6.07) is 10.1. The lowest BCUT2D eigenvalue weighted by Gasteiger charge is -2.19. The molecule has 132 valence electrons.